The molecule has 2 aromatic heterocycles. The molecule has 7 nitrogen and oxygen atoms in total. The predicted molar refractivity (Wildman–Crippen MR) is 128 cm³/mol. The van der Waals surface area contributed by atoms with Crippen LogP contribution in [0, 0.1) is 0 Å². The first kappa shape index (κ1) is 21.3. The molecule has 8 heteroatoms. The van der Waals surface area contributed by atoms with Crippen molar-refractivity contribution in [1.82, 2.24) is 14.9 Å². The first-order valence-electron chi connectivity index (χ1n) is 10.6. The predicted octanol–water partition coefficient (Wildman–Crippen LogP) is 4.50. The van der Waals surface area contributed by atoms with Gasteiger partial charge in [0.1, 0.15) is 23.1 Å². The number of nitrogens with one attached hydrogen (secondary N) is 1. The highest BCUT2D eigenvalue weighted by Crippen LogP contribution is 2.31. The van der Waals surface area contributed by atoms with Crippen LogP contribution in [0.3, 0.4) is 0 Å². The van der Waals surface area contributed by atoms with E-state index in [2.05, 4.69) is 9.88 Å². The summed E-state index contributed by atoms with van der Waals surface area (Å²) in [6.07, 6.45) is 0.697. The van der Waals surface area contributed by atoms with Crippen LogP contribution < -0.4 is 16.0 Å². The van der Waals surface area contributed by atoms with E-state index in [-0.39, 0.29) is 5.56 Å². The monoisotopic (exact) mass is 462 g/mol. The van der Waals surface area contributed by atoms with Gasteiger partial charge >= 0.3 is 0 Å². The van der Waals surface area contributed by atoms with Gasteiger partial charge in [0.05, 0.1) is 29.9 Å². The number of aromatic amines is 1. The maximum absolute atomic E-state index is 12.8. The van der Waals surface area contributed by atoms with Crippen molar-refractivity contribution >= 4 is 17.3 Å². The van der Waals surface area contributed by atoms with E-state index in [0.717, 1.165) is 34.9 Å². The summed E-state index contributed by atoms with van der Waals surface area (Å²) >= 11 is 6.24. The van der Waals surface area contributed by atoms with Gasteiger partial charge in [-0.05, 0) is 54.6 Å². The van der Waals surface area contributed by atoms with E-state index in [4.69, 9.17) is 31.5 Å². The molecule has 33 heavy (non-hydrogen) atoms. The van der Waals surface area contributed by atoms with E-state index in [9.17, 15) is 4.79 Å². The van der Waals surface area contributed by atoms with Gasteiger partial charge in [-0.25, -0.2) is 4.98 Å². The molecule has 0 saturated heterocycles. The number of methoxy groups -OCH3 is 1. The van der Waals surface area contributed by atoms with Crippen LogP contribution in [0.2, 0.25) is 5.02 Å². The van der Waals surface area contributed by atoms with Gasteiger partial charge in [0.2, 0.25) is 0 Å². The van der Waals surface area contributed by atoms with Crippen molar-refractivity contribution in [1.29, 1.82) is 0 Å². The summed E-state index contributed by atoms with van der Waals surface area (Å²) in [4.78, 5) is 22.6. The number of anilines is 1. The second kappa shape index (κ2) is 8.77. The maximum Gasteiger partial charge on any atom is 0.255 e. The molecule has 0 bridgehead atoms. The van der Waals surface area contributed by atoms with Crippen LogP contribution in [-0.4, -0.2) is 28.5 Å². The Kier molecular flexibility index (Phi) is 5.66. The van der Waals surface area contributed by atoms with E-state index in [0.29, 0.717) is 47.4 Å². The highest BCUT2D eigenvalue weighted by molar-refractivity contribution is 6.32. The zero-order chi connectivity index (χ0) is 22.9. The number of hydrogen-bond donors (Lipinski definition) is 2. The largest absolute Gasteiger partial charge is 0.495 e. The molecule has 0 aliphatic carbocycles. The van der Waals surface area contributed by atoms with E-state index >= 15 is 0 Å². The minimum atomic E-state index is -0.107. The Labute approximate surface area is 195 Å². The Bertz CT molecular complexity index is 1360. The summed E-state index contributed by atoms with van der Waals surface area (Å²) < 4.78 is 11.3. The molecule has 0 fully saturated rings. The lowest BCUT2D eigenvalue weighted by Gasteiger charge is -2.26. The second-order valence-corrected chi connectivity index (χ2v) is 8.44. The molecular formula is C25H23ClN4O3. The van der Waals surface area contributed by atoms with Gasteiger partial charge in [0, 0.05) is 36.3 Å². The third-order valence-corrected chi connectivity index (χ3v) is 6.10. The fourth-order valence-electron chi connectivity index (χ4n) is 4.05. The Morgan fingerprint density at radius 2 is 1.94 bits per heavy atom. The number of nitrogens with two attached hydrogens (primary N) is 1. The number of benzene rings is 2. The zero-order valence-corrected chi connectivity index (χ0v) is 18.9. The molecule has 4 aromatic rings. The number of hydrogen-bond acceptors (Lipinski definition) is 6. The molecular weight excluding hydrogens is 440 g/mol. The number of ether oxygens (including phenoxy) is 1. The van der Waals surface area contributed by atoms with E-state index < -0.39 is 0 Å². The maximum atomic E-state index is 12.8. The zero-order valence-electron chi connectivity index (χ0n) is 18.1. The molecule has 0 unspecified atom stereocenters. The van der Waals surface area contributed by atoms with Gasteiger partial charge in [-0.1, -0.05) is 11.6 Å². The summed E-state index contributed by atoms with van der Waals surface area (Å²) in [6.45, 7) is 1.90. The Morgan fingerprint density at radius 1 is 1.15 bits per heavy atom. The van der Waals surface area contributed by atoms with Crippen LogP contribution in [0.5, 0.6) is 5.75 Å². The molecule has 0 amide bonds. The molecule has 3 N–H and O–H groups in total. The van der Waals surface area contributed by atoms with E-state index in [1.807, 2.05) is 42.5 Å². The first-order chi connectivity index (χ1) is 16.0. The van der Waals surface area contributed by atoms with Crippen molar-refractivity contribution in [2.75, 3.05) is 19.4 Å². The van der Waals surface area contributed by atoms with Crippen molar-refractivity contribution in [2.24, 2.45) is 0 Å². The van der Waals surface area contributed by atoms with Gasteiger partial charge in [0.25, 0.3) is 5.56 Å². The molecule has 0 radical (unpaired) electrons. The summed E-state index contributed by atoms with van der Waals surface area (Å²) in [7, 11) is 1.59. The SMILES string of the molecule is COc1ccc(-c2ccc(CN3CCc4nc(-c5ccc(N)cc5)[nH]c(=O)c4C3)o2)cc1Cl. The number of nitrogen functional groups attached to an aromatic ring is 1. The highest BCUT2D eigenvalue weighted by atomic mass is 35.5. The first-order valence-corrected chi connectivity index (χ1v) is 11.0. The van der Waals surface area contributed by atoms with Crippen LogP contribution in [0.15, 0.2) is 63.8 Å². The quantitative estimate of drug-likeness (QED) is 0.424. The number of nitrogens with zero attached hydrogens (tertiary/aromatic N) is 2. The number of H-pyrrole nitrogens is 1. The molecule has 0 spiro atoms. The van der Waals surface area contributed by atoms with Crippen LogP contribution in [0.25, 0.3) is 22.7 Å². The smallest absolute Gasteiger partial charge is 0.255 e. The third kappa shape index (κ3) is 4.37. The number of aromatic nitrogens is 2. The Hall–Kier alpha value is -3.55. The summed E-state index contributed by atoms with van der Waals surface area (Å²) in [6, 6.07) is 16.8. The average molecular weight is 463 g/mol. The molecule has 5 rings (SSSR count). The molecule has 1 aliphatic heterocycles. The van der Waals surface area contributed by atoms with Crippen molar-refractivity contribution in [3.05, 3.63) is 87.0 Å². The Morgan fingerprint density at radius 3 is 2.70 bits per heavy atom. The lowest BCUT2D eigenvalue weighted by Crippen LogP contribution is -2.35. The van der Waals surface area contributed by atoms with Crippen LogP contribution in [0.1, 0.15) is 17.0 Å². The van der Waals surface area contributed by atoms with Crippen LogP contribution >= 0.6 is 11.6 Å². The molecule has 3 heterocycles. The Balaban J connectivity index is 1.32. The second-order valence-electron chi connectivity index (χ2n) is 8.04. The van der Waals surface area contributed by atoms with Gasteiger partial charge in [0.15, 0.2) is 0 Å². The number of halogens is 1. The van der Waals surface area contributed by atoms with Crippen molar-refractivity contribution in [3.8, 4) is 28.5 Å². The number of rotatable bonds is 5. The van der Waals surface area contributed by atoms with E-state index in [1.165, 1.54) is 0 Å². The highest BCUT2D eigenvalue weighted by Gasteiger charge is 2.22. The normalized spacial score (nSPS) is 13.6. The standard InChI is InChI=1S/C25H23ClN4O3/c1-32-23-8-4-16(12-20(23)26)22-9-7-18(33-22)13-30-11-10-21-19(14-30)25(31)29-24(28-21)15-2-5-17(27)6-3-15/h2-9,12H,10-11,13-14,27H2,1H3,(H,28,29,31). The average Bonchev–Trinajstić information content (AvgIpc) is 3.28. The van der Waals surface area contributed by atoms with Crippen LogP contribution in [-0.2, 0) is 19.5 Å². The van der Waals surface area contributed by atoms with Crippen molar-refractivity contribution < 1.29 is 9.15 Å². The molecule has 0 atom stereocenters. The van der Waals surface area contributed by atoms with Crippen molar-refractivity contribution in [3.63, 3.8) is 0 Å². The number of fused-ring (bicyclic) bond motifs is 1. The van der Waals surface area contributed by atoms with Gasteiger partial charge < -0.3 is 19.9 Å². The van der Waals surface area contributed by atoms with Crippen LogP contribution in [0.4, 0.5) is 5.69 Å². The lowest BCUT2D eigenvalue weighted by atomic mass is 10.1. The fraction of sp³-hybridized carbons (Fsp3) is 0.200. The van der Waals surface area contributed by atoms with Gasteiger partial charge in [-0.2, -0.15) is 0 Å². The third-order valence-electron chi connectivity index (χ3n) is 5.81. The van der Waals surface area contributed by atoms with E-state index in [1.54, 1.807) is 19.2 Å². The lowest BCUT2D eigenvalue weighted by molar-refractivity contribution is 0.223. The minimum absolute atomic E-state index is 0.107. The molecule has 2 aromatic carbocycles. The minimum Gasteiger partial charge on any atom is -0.495 e. The number of furan rings is 1. The summed E-state index contributed by atoms with van der Waals surface area (Å²) in [5.74, 6) is 2.75. The fourth-order valence-corrected chi connectivity index (χ4v) is 4.31. The molecule has 1 aliphatic rings. The molecule has 168 valence electrons. The van der Waals surface area contributed by atoms with Gasteiger partial charge in [-0.15, -0.1) is 0 Å². The summed E-state index contributed by atoms with van der Waals surface area (Å²) in [5.41, 5.74) is 9.59. The van der Waals surface area contributed by atoms with Gasteiger partial charge in [-0.3, -0.25) is 9.69 Å². The topological polar surface area (TPSA) is 97.4 Å². The van der Waals surface area contributed by atoms with Crippen molar-refractivity contribution in [2.45, 2.75) is 19.5 Å². The molecule has 0 saturated carbocycles. The summed E-state index contributed by atoms with van der Waals surface area (Å²) in [5, 5.41) is 0.533.